The molecule has 1 aromatic carbocycles. The average molecular weight is 289 g/mol. The Morgan fingerprint density at radius 2 is 2.28 bits per heavy atom. The summed E-state index contributed by atoms with van der Waals surface area (Å²) in [4.78, 5) is 21.8. The van der Waals surface area contributed by atoms with Crippen LogP contribution in [-0.2, 0) is 4.79 Å². The number of carbonyl (C=O) groups is 1. The maximum absolute atomic E-state index is 11.6. The number of nitrogens with one attached hydrogen (secondary N) is 1. The lowest BCUT2D eigenvalue weighted by molar-refractivity contribution is -0.383. The van der Waals surface area contributed by atoms with Crippen LogP contribution >= 0.6 is 23.4 Å². The van der Waals surface area contributed by atoms with E-state index in [0.29, 0.717) is 6.42 Å². The topological polar surface area (TPSA) is 72.2 Å². The number of carbonyl (C=O) groups excluding carboxylic acids is 1. The molecule has 5 nitrogen and oxygen atoms in total. The molecule has 0 fully saturated rings. The fourth-order valence-electron chi connectivity index (χ4n) is 1.35. The molecule has 1 N–H and O–H groups in total. The Labute approximate surface area is 114 Å². The van der Waals surface area contributed by atoms with Crippen molar-refractivity contribution in [3.05, 3.63) is 33.3 Å². The molecule has 0 radical (unpaired) electrons. The second-order valence-electron chi connectivity index (χ2n) is 3.56. The molecule has 0 aromatic heterocycles. The summed E-state index contributed by atoms with van der Waals surface area (Å²) >= 11 is 7.33. The summed E-state index contributed by atoms with van der Waals surface area (Å²) in [7, 11) is 0. The number of nitrogens with zero attached hydrogens (tertiary/aromatic N) is 1. The minimum absolute atomic E-state index is 0.179. The van der Waals surface area contributed by atoms with Crippen molar-refractivity contribution >= 4 is 40.6 Å². The van der Waals surface area contributed by atoms with Crippen LogP contribution in [0.1, 0.15) is 12.8 Å². The molecule has 0 atom stereocenters. The maximum Gasteiger partial charge on any atom is 0.294 e. The highest BCUT2D eigenvalue weighted by Crippen LogP contribution is 2.27. The molecule has 0 spiro atoms. The van der Waals surface area contributed by atoms with Crippen molar-refractivity contribution in [1.29, 1.82) is 0 Å². The van der Waals surface area contributed by atoms with Gasteiger partial charge in [-0.25, -0.2) is 0 Å². The fourth-order valence-corrected chi connectivity index (χ4v) is 1.95. The number of amides is 1. The number of hydrogen-bond donors (Lipinski definition) is 1. The van der Waals surface area contributed by atoms with Gasteiger partial charge in [-0.15, -0.1) is 0 Å². The lowest BCUT2D eigenvalue weighted by Gasteiger charge is -2.06. The van der Waals surface area contributed by atoms with Gasteiger partial charge in [-0.2, -0.15) is 11.8 Å². The van der Waals surface area contributed by atoms with Gasteiger partial charge >= 0.3 is 0 Å². The Balaban J connectivity index is 2.72. The van der Waals surface area contributed by atoms with E-state index in [-0.39, 0.29) is 22.3 Å². The number of hydrogen-bond acceptors (Lipinski definition) is 4. The molecule has 0 saturated heterocycles. The summed E-state index contributed by atoms with van der Waals surface area (Å²) in [5.74, 6) is 0.658. The van der Waals surface area contributed by atoms with Gasteiger partial charge in [0.1, 0.15) is 5.69 Å². The highest BCUT2D eigenvalue weighted by Gasteiger charge is 2.16. The third-order valence-electron chi connectivity index (χ3n) is 2.18. The van der Waals surface area contributed by atoms with E-state index >= 15 is 0 Å². The lowest BCUT2D eigenvalue weighted by atomic mass is 10.2. The van der Waals surface area contributed by atoms with E-state index in [2.05, 4.69) is 5.32 Å². The fraction of sp³-hybridized carbons (Fsp3) is 0.364. The first-order valence-electron chi connectivity index (χ1n) is 5.27. The van der Waals surface area contributed by atoms with Gasteiger partial charge < -0.3 is 5.32 Å². The smallest absolute Gasteiger partial charge is 0.294 e. The number of halogens is 1. The Bertz CT molecular complexity index is 454. The van der Waals surface area contributed by atoms with E-state index in [1.165, 1.54) is 18.2 Å². The van der Waals surface area contributed by atoms with Crippen LogP contribution in [0.2, 0.25) is 5.02 Å². The van der Waals surface area contributed by atoms with Gasteiger partial charge in [0.05, 0.1) is 4.92 Å². The van der Waals surface area contributed by atoms with Crippen molar-refractivity contribution in [2.45, 2.75) is 12.8 Å². The Hall–Kier alpha value is -1.27. The second kappa shape index (κ2) is 7.23. The summed E-state index contributed by atoms with van der Waals surface area (Å²) in [5, 5.41) is 13.6. The van der Waals surface area contributed by atoms with Gasteiger partial charge in [0.25, 0.3) is 5.69 Å². The molecular formula is C11H13ClN2O3S. The van der Waals surface area contributed by atoms with Gasteiger partial charge in [-0.3, -0.25) is 14.9 Å². The van der Waals surface area contributed by atoms with E-state index in [1.807, 2.05) is 6.26 Å². The second-order valence-corrected chi connectivity index (χ2v) is 4.99. The van der Waals surface area contributed by atoms with Gasteiger partial charge in [0, 0.05) is 17.5 Å². The van der Waals surface area contributed by atoms with Crippen LogP contribution in [0.5, 0.6) is 0 Å². The summed E-state index contributed by atoms with van der Waals surface area (Å²) in [6.07, 6.45) is 3.05. The molecule has 0 heterocycles. The van der Waals surface area contributed by atoms with Crippen LogP contribution in [0.15, 0.2) is 18.2 Å². The highest BCUT2D eigenvalue weighted by atomic mass is 35.5. The summed E-state index contributed by atoms with van der Waals surface area (Å²) < 4.78 is 0. The van der Waals surface area contributed by atoms with Crippen LogP contribution in [-0.4, -0.2) is 22.8 Å². The SMILES string of the molecule is CSCCCC(=O)Nc1ccc(Cl)cc1[N+](=O)[O-]. The molecule has 0 aliphatic carbocycles. The number of nitro groups is 1. The number of nitro benzene ring substituents is 1. The zero-order valence-corrected chi connectivity index (χ0v) is 11.4. The van der Waals surface area contributed by atoms with Gasteiger partial charge in [-0.05, 0) is 30.6 Å². The molecule has 7 heteroatoms. The molecule has 98 valence electrons. The number of thioether (sulfide) groups is 1. The molecule has 0 bridgehead atoms. The van der Waals surface area contributed by atoms with E-state index in [1.54, 1.807) is 11.8 Å². The third-order valence-corrected chi connectivity index (χ3v) is 3.11. The molecule has 1 amide bonds. The summed E-state index contributed by atoms with van der Waals surface area (Å²) in [6, 6.07) is 4.16. The van der Waals surface area contributed by atoms with E-state index < -0.39 is 4.92 Å². The van der Waals surface area contributed by atoms with Crippen LogP contribution in [0, 0.1) is 10.1 Å². The number of rotatable bonds is 6. The molecule has 0 saturated carbocycles. The minimum atomic E-state index is -0.566. The summed E-state index contributed by atoms with van der Waals surface area (Å²) in [5.41, 5.74) is -0.0146. The summed E-state index contributed by atoms with van der Waals surface area (Å²) in [6.45, 7) is 0. The Morgan fingerprint density at radius 3 is 2.89 bits per heavy atom. The van der Waals surface area contributed by atoms with Crippen LogP contribution in [0.25, 0.3) is 0 Å². The Morgan fingerprint density at radius 1 is 1.56 bits per heavy atom. The van der Waals surface area contributed by atoms with Crippen molar-refractivity contribution < 1.29 is 9.72 Å². The highest BCUT2D eigenvalue weighted by molar-refractivity contribution is 7.98. The van der Waals surface area contributed by atoms with Gasteiger partial charge in [-0.1, -0.05) is 11.6 Å². The zero-order chi connectivity index (χ0) is 13.5. The standard InChI is InChI=1S/C11H13ClN2O3S/c1-18-6-2-3-11(15)13-9-5-4-8(12)7-10(9)14(16)17/h4-5,7H,2-3,6H2,1H3,(H,13,15). The molecule has 1 rings (SSSR count). The quantitative estimate of drug-likeness (QED) is 0.495. The van der Waals surface area contributed by atoms with E-state index in [9.17, 15) is 14.9 Å². The first-order chi connectivity index (χ1) is 8.54. The molecule has 0 unspecified atom stereocenters. The van der Waals surface area contributed by atoms with Crippen molar-refractivity contribution in [2.75, 3.05) is 17.3 Å². The third kappa shape index (κ3) is 4.54. The molecular weight excluding hydrogens is 276 g/mol. The molecule has 0 aliphatic heterocycles. The lowest BCUT2D eigenvalue weighted by Crippen LogP contribution is -2.12. The first kappa shape index (κ1) is 14.8. The molecule has 0 aliphatic rings. The molecule has 1 aromatic rings. The first-order valence-corrected chi connectivity index (χ1v) is 7.04. The van der Waals surface area contributed by atoms with Crippen LogP contribution < -0.4 is 5.32 Å². The van der Waals surface area contributed by atoms with Crippen molar-refractivity contribution in [1.82, 2.24) is 0 Å². The van der Waals surface area contributed by atoms with Crippen molar-refractivity contribution in [3.63, 3.8) is 0 Å². The number of anilines is 1. The van der Waals surface area contributed by atoms with Crippen molar-refractivity contribution in [3.8, 4) is 0 Å². The van der Waals surface area contributed by atoms with E-state index in [4.69, 9.17) is 11.6 Å². The number of benzene rings is 1. The van der Waals surface area contributed by atoms with Crippen LogP contribution in [0.3, 0.4) is 0 Å². The van der Waals surface area contributed by atoms with Crippen molar-refractivity contribution in [2.24, 2.45) is 0 Å². The monoisotopic (exact) mass is 288 g/mol. The average Bonchev–Trinajstić information content (AvgIpc) is 2.31. The maximum atomic E-state index is 11.6. The van der Waals surface area contributed by atoms with Gasteiger partial charge in [0.15, 0.2) is 0 Å². The minimum Gasteiger partial charge on any atom is -0.320 e. The molecule has 18 heavy (non-hydrogen) atoms. The van der Waals surface area contributed by atoms with E-state index in [0.717, 1.165) is 12.2 Å². The predicted molar refractivity (Wildman–Crippen MR) is 74.4 cm³/mol. The zero-order valence-electron chi connectivity index (χ0n) is 9.81. The van der Waals surface area contributed by atoms with Crippen LogP contribution in [0.4, 0.5) is 11.4 Å². The normalized spacial score (nSPS) is 10.1. The Kier molecular flexibility index (Phi) is 5.94. The predicted octanol–water partition coefficient (Wildman–Crippen LogP) is 3.33. The van der Waals surface area contributed by atoms with Gasteiger partial charge in [0.2, 0.25) is 5.91 Å². The largest absolute Gasteiger partial charge is 0.320 e.